The van der Waals surface area contributed by atoms with E-state index in [0.717, 1.165) is 17.3 Å². The van der Waals surface area contributed by atoms with Crippen LogP contribution in [0, 0.1) is 5.82 Å². The number of nitrogens with zero attached hydrogens (tertiary/aromatic N) is 5. The number of benzene rings is 2. The summed E-state index contributed by atoms with van der Waals surface area (Å²) in [6, 6.07) is 12.9. The standard InChI is InChI=1S/C22H21FN6O3S3/c1-35(2,32)17-9-5-15(6-10-17)20-26-27-21(34-20)24-18(31)13-33-22-28-25-19(29(22)11-12-30)14-3-7-16(23)8-4-14/h3-10,30H,1,11-13H2,2H3,(H,24,27,31). The summed E-state index contributed by atoms with van der Waals surface area (Å²) in [5.74, 6) is 3.50. The molecule has 35 heavy (non-hydrogen) atoms. The average Bonchev–Trinajstić information content (AvgIpc) is 3.45. The van der Waals surface area contributed by atoms with E-state index in [4.69, 9.17) is 0 Å². The maximum Gasteiger partial charge on any atom is 0.236 e. The quantitative estimate of drug-likeness (QED) is 0.249. The summed E-state index contributed by atoms with van der Waals surface area (Å²) in [7, 11) is -2.30. The van der Waals surface area contributed by atoms with Crippen molar-refractivity contribution in [1.82, 2.24) is 25.0 Å². The Balaban J connectivity index is 1.40. The number of hydrogen-bond acceptors (Lipinski definition) is 9. The van der Waals surface area contributed by atoms with Crippen LogP contribution in [-0.4, -0.2) is 64.7 Å². The molecule has 2 heterocycles. The highest BCUT2D eigenvalue weighted by atomic mass is 32.2. The van der Waals surface area contributed by atoms with Crippen LogP contribution in [0.1, 0.15) is 0 Å². The van der Waals surface area contributed by atoms with Gasteiger partial charge in [-0.3, -0.25) is 18.9 Å². The number of thioether (sulfide) groups is 1. The van der Waals surface area contributed by atoms with Gasteiger partial charge in [0.2, 0.25) is 11.0 Å². The molecule has 0 bridgehead atoms. The van der Waals surface area contributed by atoms with Crippen LogP contribution in [0.3, 0.4) is 0 Å². The number of amides is 1. The van der Waals surface area contributed by atoms with Crippen molar-refractivity contribution in [3.05, 3.63) is 54.3 Å². The van der Waals surface area contributed by atoms with E-state index in [2.05, 4.69) is 31.6 Å². The Morgan fingerprint density at radius 3 is 2.46 bits per heavy atom. The molecule has 0 aliphatic heterocycles. The highest BCUT2D eigenvalue weighted by Gasteiger charge is 2.17. The minimum Gasteiger partial charge on any atom is -0.395 e. The number of rotatable bonds is 9. The Morgan fingerprint density at radius 1 is 1.11 bits per heavy atom. The SMILES string of the molecule is C=S(C)(=O)c1ccc(-c2nnc(NC(=O)CSc3nnc(-c4ccc(F)cc4)n3CCO)s2)cc1. The van der Waals surface area contributed by atoms with Gasteiger partial charge in [0.05, 0.1) is 12.4 Å². The van der Waals surface area contributed by atoms with Gasteiger partial charge in [-0.15, -0.1) is 20.4 Å². The summed E-state index contributed by atoms with van der Waals surface area (Å²) in [4.78, 5) is 13.1. The second-order valence-corrected chi connectivity index (χ2v) is 11.9. The smallest absolute Gasteiger partial charge is 0.236 e. The Morgan fingerprint density at radius 2 is 1.80 bits per heavy atom. The van der Waals surface area contributed by atoms with E-state index in [-0.39, 0.29) is 30.6 Å². The van der Waals surface area contributed by atoms with Crippen molar-refractivity contribution in [2.75, 3.05) is 23.9 Å². The summed E-state index contributed by atoms with van der Waals surface area (Å²) >= 11 is 2.37. The van der Waals surface area contributed by atoms with Crippen molar-refractivity contribution < 1.29 is 18.5 Å². The molecule has 2 N–H and O–H groups in total. The van der Waals surface area contributed by atoms with Crippen LogP contribution in [0.25, 0.3) is 22.0 Å². The average molecular weight is 533 g/mol. The predicted octanol–water partition coefficient (Wildman–Crippen LogP) is 3.03. The van der Waals surface area contributed by atoms with Gasteiger partial charge in [0, 0.05) is 28.8 Å². The van der Waals surface area contributed by atoms with Gasteiger partial charge >= 0.3 is 0 Å². The first-order valence-corrected chi connectivity index (χ1v) is 14.2. The first-order valence-electron chi connectivity index (χ1n) is 10.2. The third-order valence-electron chi connectivity index (χ3n) is 4.75. The molecule has 0 spiro atoms. The van der Waals surface area contributed by atoms with Gasteiger partial charge in [-0.05, 0) is 51.8 Å². The molecule has 4 aromatic rings. The molecule has 1 atom stereocenters. The number of anilines is 1. The maximum atomic E-state index is 13.2. The number of hydrogen-bond donors (Lipinski definition) is 2. The van der Waals surface area contributed by atoms with E-state index in [0.29, 0.717) is 31.6 Å². The van der Waals surface area contributed by atoms with Crippen LogP contribution in [-0.2, 0) is 20.9 Å². The molecule has 13 heteroatoms. The number of carbonyl (C=O) groups excluding carboxylic acids is 1. The van der Waals surface area contributed by atoms with E-state index >= 15 is 0 Å². The fraction of sp³-hybridized carbons (Fsp3) is 0.182. The minimum atomic E-state index is -2.30. The molecule has 9 nitrogen and oxygen atoms in total. The number of aliphatic hydroxyl groups is 1. The molecule has 1 amide bonds. The molecule has 2 aromatic carbocycles. The Hall–Kier alpha value is -3.13. The van der Waals surface area contributed by atoms with Crippen molar-refractivity contribution in [1.29, 1.82) is 0 Å². The minimum absolute atomic E-state index is 0.0327. The van der Waals surface area contributed by atoms with E-state index in [9.17, 15) is 18.5 Å². The van der Waals surface area contributed by atoms with E-state index in [1.54, 1.807) is 47.2 Å². The van der Waals surface area contributed by atoms with Crippen LogP contribution in [0.4, 0.5) is 9.52 Å². The maximum absolute atomic E-state index is 13.2. The lowest BCUT2D eigenvalue weighted by Crippen LogP contribution is -2.15. The number of aliphatic hydroxyl groups excluding tert-OH is 1. The number of carbonyl (C=O) groups is 1. The molecule has 1 unspecified atom stereocenters. The molecule has 0 fully saturated rings. The van der Waals surface area contributed by atoms with Crippen LogP contribution in [0.2, 0.25) is 0 Å². The summed E-state index contributed by atoms with van der Waals surface area (Å²) in [5, 5.41) is 29.9. The summed E-state index contributed by atoms with van der Waals surface area (Å²) < 4.78 is 27.0. The molecule has 2 aromatic heterocycles. The Bertz CT molecular complexity index is 1430. The largest absolute Gasteiger partial charge is 0.395 e. The van der Waals surface area contributed by atoms with Crippen LogP contribution >= 0.6 is 23.1 Å². The van der Waals surface area contributed by atoms with Crippen molar-refractivity contribution in [2.45, 2.75) is 16.6 Å². The van der Waals surface area contributed by atoms with Crippen molar-refractivity contribution in [3.8, 4) is 22.0 Å². The van der Waals surface area contributed by atoms with Crippen LogP contribution in [0.15, 0.2) is 58.6 Å². The van der Waals surface area contributed by atoms with Gasteiger partial charge in [0.15, 0.2) is 11.0 Å². The van der Waals surface area contributed by atoms with Crippen molar-refractivity contribution >= 4 is 49.5 Å². The number of aromatic nitrogens is 5. The first kappa shape index (κ1) is 25.0. The molecule has 4 rings (SSSR count). The Kier molecular flexibility index (Phi) is 7.60. The molecule has 0 aliphatic carbocycles. The topological polar surface area (TPSA) is 123 Å². The van der Waals surface area contributed by atoms with E-state index < -0.39 is 9.52 Å². The van der Waals surface area contributed by atoms with Gasteiger partial charge in [-0.1, -0.05) is 35.2 Å². The van der Waals surface area contributed by atoms with Crippen LogP contribution in [0.5, 0.6) is 0 Å². The molecule has 182 valence electrons. The third kappa shape index (κ3) is 6.11. The zero-order valence-electron chi connectivity index (χ0n) is 18.5. The lowest BCUT2D eigenvalue weighted by molar-refractivity contribution is -0.113. The molecular weight excluding hydrogens is 511 g/mol. The molecular formula is C22H21FN6O3S3. The predicted molar refractivity (Wildman–Crippen MR) is 137 cm³/mol. The van der Waals surface area contributed by atoms with Gasteiger partial charge in [-0.2, -0.15) is 0 Å². The molecule has 0 saturated carbocycles. The van der Waals surface area contributed by atoms with E-state index in [1.165, 1.54) is 23.5 Å². The molecule has 0 saturated heterocycles. The third-order valence-corrected chi connectivity index (χ3v) is 7.87. The fourth-order valence-electron chi connectivity index (χ4n) is 3.07. The van der Waals surface area contributed by atoms with Crippen molar-refractivity contribution in [3.63, 3.8) is 0 Å². The van der Waals surface area contributed by atoms with Gasteiger partial charge in [0.25, 0.3) is 0 Å². The normalized spacial score (nSPS) is 12.9. The lowest BCUT2D eigenvalue weighted by Gasteiger charge is -2.08. The van der Waals surface area contributed by atoms with E-state index in [1.807, 2.05) is 0 Å². The zero-order valence-corrected chi connectivity index (χ0v) is 21.0. The number of nitrogens with one attached hydrogen (secondary N) is 1. The number of halogens is 1. The fourth-order valence-corrected chi connectivity index (χ4v) is 5.31. The van der Waals surface area contributed by atoms with Gasteiger partial charge < -0.3 is 5.11 Å². The summed E-state index contributed by atoms with van der Waals surface area (Å²) in [5.41, 5.74) is 1.43. The second kappa shape index (κ2) is 10.6. The first-order chi connectivity index (χ1) is 16.7. The monoisotopic (exact) mass is 532 g/mol. The summed E-state index contributed by atoms with van der Waals surface area (Å²) in [6.45, 7) is 0.0773. The van der Waals surface area contributed by atoms with Crippen LogP contribution < -0.4 is 5.32 Å². The van der Waals surface area contributed by atoms with Gasteiger partial charge in [-0.25, -0.2) is 4.39 Å². The summed E-state index contributed by atoms with van der Waals surface area (Å²) in [6.07, 6.45) is 1.58. The molecule has 0 radical (unpaired) electrons. The highest BCUT2D eigenvalue weighted by molar-refractivity contribution is 8.00. The van der Waals surface area contributed by atoms with Crippen molar-refractivity contribution in [2.24, 2.45) is 0 Å². The Labute approximate surface area is 209 Å². The highest BCUT2D eigenvalue weighted by Crippen LogP contribution is 2.28. The van der Waals surface area contributed by atoms with Gasteiger partial charge in [0.1, 0.15) is 10.8 Å². The second-order valence-electron chi connectivity index (χ2n) is 7.47. The molecule has 0 aliphatic rings. The lowest BCUT2D eigenvalue weighted by atomic mass is 10.2. The zero-order chi connectivity index (χ0) is 25.0.